The molecule has 0 unspecified atom stereocenters. The summed E-state index contributed by atoms with van der Waals surface area (Å²) in [7, 11) is 0. The van der Waals surface area contributed by atoms with Crippen molar-refractivity contribution in [1.82, 2.24) is 4.98 Å². The van der Waals surface area contributed by atoms with Crippen molar-refractivity contribution in [2.45, 2.75) is 20.0 Å². The number of nitrogens with zero attached hydrogens (tertiary/aromatic N) is 1. The van der Waals surface area contributed by atoms with Crippen molar-refractivity contribution in [2.24, 2.45) is 0 Å². The molecule has 0 aromatic carbocycles. The molecule has 94 valence electrons. The molecule has 0 aliphatic heterocycles. The summed E-state index contributed by atoms with van der Waals surface area (Å²) in [5.41, 5.74) is 0.0173. The van der Waals surface area contributed by atoms with E-state index >= 15 is 0 Å². The third kappa shape index (κ3) is 4.89. The fraction of sp³-hybridized carbons (Fsp3) is 0.455. The van der Waals surface area contributed by atoms with E-state index < -0.39 is 5.97 Å². The van der Waals surface area contributed by atoms with Crippen LogP contribution in [0.25, 0.3) is 0 Å². The van der Waals surface area contributed by atoms with Crippen LogP contribution in [-0.2, 0) is 9.47 Å². The highest BCUT2D eigenvalue weighted by atomic mass is 35.5. The monoisotopic (exact) mass is 277 g/mol. The van der Waals surface area contributed by atoms with E-state index in [2.05, 4.69) is 4.98 Å². The Morgan fingerprint density at radius 2 is 2.06 bits per heavy atom. The number of carbonyl (C=O) groups excluding carboxylic acids is 1. The summed E-state index contributed by atoms with van der Waals surface area (Å²) in [5.74, 6) is -0.607. The molecule has 0 fully saturated rings. The summed E-state index contributed by atoms with van der Waals surface area (Å²) in [5, 5.41) is 0.406. The maximum absolute atomic E-state index is 11.6. The van der Waals surface area contributed by atoms with Crippen LogP contribution >= 0.6 is 23.2 Å². The van der Waals surface area contributed by atoms with Gasteiger partial charge in [0.2, 0.25) is 0 Å². The standard InChI is InChI=1S/C11H13Cl2NO3/c1-7(2)16-5-6-17-11(15)10-8(12)3-4-9(13)14-10/h3-4,7H,5-6H2,1-2H3. The Morgan fingerprint density at radius 1 is 1.35 bits per heavy atom. The quantitative estimate of drug-likeness (QED) is 0.472. The van der Waals surface area contributed by atoms with E-state index in [1.807, 2.05) is 13.8 Å². The Morgan fingerprint density at radius 3 is 2.71 bits per heavy atom. The van der Waals surface area contributed by atoms with Crippen molar-refractivity contribution in [1.29, 1.82) is 0 Å². The molecule has 1 rings (SSSR count). The van der Waals surface area contributed by atoms with Gasteiger partial charge in [0, 0.05) is 0 Å². The largest absolute Gasteiger partial charge is 0.458 e. The van der Waals surface area contributed by atoms with Gasteiger partial charge in [0.1, 0.15) is 11.8 Å². The average molecular weight is 278 g/mol. The number of rotatable bonds is 5. The van der Waals surface area contributed by atoms with Gasteiger partial charge >= 0.3 is 5.97 Å². The molecule has 0 atom stereocenters. The van der Waals surface area contributed by atoms with Gasteiger partial charge in [-0.25, -0.2) is 9.78 Å². The SMILES string of the molecule is CC(C)OCCOC(=O)c1nc(Cl)ccc1Cl. The first-order valence-electron chi connectivity index (χ1n) is 5.11. The van der Waals surface area contributed by atoms with Crippen LogP contribution in [0.5, 0.6) is 0 Å². The average Bonchev–Trinajstić information content (AvgIpc) is 2.27. The predicted molar refractivity (Wildman–Crippen MR) is 65.6 cm³/mol. The van der Waals surface area contributed by atoms with Gasteiger partial charge in [-0.15, -0.1) is 0 Å². The summed E-state index contributed by atoms with van der Waals surface area (Å²) in [6.45, 7) is 4.29. The van der Waals surface area contributed by atoms with Gasteiger partial charge in [0.15, 0.2) is 5.69 Å². The first-order chi connectivity index (χ1) is 8.00. The molecule has 0 saturated heterocycles. The number of hydrogen-bond acceptors (Lipinski definition) is 4. The Balaban J connectivity index is 2.49. The fourth-order valence-corrected chi connectivity index (χ4v) is 1.38. The number of pyridine rings is 1. The van der Waals surface area contributed by atoms with Crippen LogP contribution in [-0.4, -0.2) is 30.3 Å². The number of halogens is 2. The van der Waals surface area contributed by atoms with Gasteiger partial charge in [0.25, 0.3) is 0 Å². The molecule has 0 bridgehead atoms. The molecule has 6 heteroatoms. The summed E-state index contributed by atoms with van der Waals surface area (Å²) >= 11 is 11.5. The van der Waals surface area contributed by atoms with Crippen LogP contribution in [0, 0.1) is 0 Å². The van der Waals surface area contributed by atoms with Gasteiger partial charge in [-0.1, -0.05) is 23.2 Å². The van der Waals surface area contributed by atoms with Gasteiger partial charge in [-0.2, -0.15) is 0 Å². The molecular formula is C11H13Cl2NO3. The van der Waals surface area contributed by atoms with Gasteiger partial charge in [-0.3, -0.25) is 0 Å². The lowest BCUT2D eigenvalue weighted by atomic mass is 10.3. The van der Waals surface area contributed by atoms with Crippen molar-refractivity contribution in [3.8, 4) is 0 Å². The second kappa shape index (κ2) is 6.79. The molecule has 1 heterocycles. The minimum Gasteiger partial charge on any atom is -0.458 e. The Bertz CT molecular complexity index is 396. The maximum Gasteiger partial charge on any atom is 0.358 e. The van der Waals surface area contributed by atoms with E-state index in [1.165, 1.54) is 12.1 Å². The minimum absolute atomic E-state index is 0.0173. The molecule has 0 amide bonds. The molecule has 0 aliphatic carbocycles. The molecule has 17 heavy (non-hydrogen) atoms. The zero-order valence-electron chi connectivity index (χ0n) is 9.57. The summed E-state index contributed by atoms with van der Waals surface area (Å²) in [6, 6.07) is 3.00. The lowest BCUT2D eigenvalue weighted by molar-refractivity contribution is 0.0173. The van der Waals surface area contributed by atoms with E-state index in [0.717, 1.165) is 0 Å². The summed E-state index contributed by atoms with van der Waals surface area (Å²) in [4.78, 5) is 15.4. The van der Waals surface area contributed by atoms with Crippen molar-refractivity contribution in [2.75, 3.05) is 13.2 Å². The van der Waals surface area contributed by atoms with Gasteiger partial charge in [-0.05, 0) is 26.0 Å². The zero-order chi connectivity index (χ0) is 12.8. The smallest absolute Gasteiger partial charge is 0.358 e. The Labute approximate surface area is 110 Å². The number of aromatic nitrogens is 1. The topological polar surface area (TPSA) is 48.4 Å². The number of carbonyl (C=O) groups is 1. The maximum atomic E-state index is 11.6. The van der Waals surface area contributed by atoms with Crippen LogP contribution in [0.15, 0.2) is 12.1 Å². The van der Waals surface area contributed by atoms with Crippen LogP contribution in [0.3, 0.4) is 0 Å². The van der Waals surface area contributed by atoms with Crippen molar-refractivity contribution in [3.63, 3.8) is 0 Å². The van der Waals surface area contributed by atoms with Crippen molar-refractivity contribution < 1.29 is 14.3 Å². The highest BCUT2D eigenvalue weighted by Gasteiger charge is 2.14. The van der Waals surface area contributed by atoms with Crippen molar-refractivity contribution in [3.05, 3.63) is 28.0 Å². The Hall–Kier alpha value is -0.840. The fourth-order valence-electron chi connectivity index (χ4n) is 1.05. The normalized spacial score (nSPS) is 10.6. The van der Waals surface area contributed by atoms with Gasteiger partial charge in [0.05, 0.1) is 17.7 Å². The Kier molecular flexibility index (Phi) is 5.68. The van der Waals surface area contributed by atoms with E-state index in [4.69, 9.17) is 32.7 Å². The molecule has 0 saturated carbocycles. The molecule has 0 radical (unpaired) electrons. The molecule has 1 aromatic heterocycles. The first kappa shape index (κ1) is 14.2. The summed E-state index contributed by atoms with van der Waals surface area (Å²) < 4.78 is 10.2. The second-order valence-electron chi connectivity index (χ2n) is 3.52. The first-order valence-corrected chi connectivity index (χ1v) is 5.87. The summed E-state index contributed by atoms with van der Waals surface area (Å²) in [6.07, 6.45) is 0.0987. The number of esters is 1. The molecule has 0 aliphatic rings. The van der Waals surface area contributed by atoms with E-state index in [-0.39, 0.29) is 28.6 Å². The number of hydrogen-bond donors (Lipinski definition) is 0. The van der Waals surface area contributed by atoms with Gasteiger partial charge < -0.3 is 9.47 Å². The highest BCUT2D eigenvalue weighted by molar-refractivity contribution is 6.34. The molecule has 0 spiro atoms. The van der Waals surface area contributed by atoms with Crippen LogP contribution < -0.4 is 0 Å². The van der Waals surface area contributed by atoms with E-state index in [0.29, 0.717) is 6.61 Å². The van der Waals surface area contributed by atoms with Crippen LogP contribution in [0.1, 0.15) is 24.3 Å². The molecule has 0 N–H and O–H groups in total. The third-order valence-electron chi connectivity index (χ3n) is 1.77. The van der Waals surface area contributed by atoms with Crippen LogP contribution in [0.2, 0.25) is 10.2 Å². The molecular weight excluding hydrogens is 265 g/mol. The van der Waals surface area contributed by atoms with E-state index in [1.54, 1.807) is 0 Å². The number of ether oxygens (including phenoxy) is 2. The lowest BCUT2D eigenvalue weighted by Gasteiger charge is -2.08. The zero-order valence-corrected chi connectivity index (χ0v) is 11.1. The van der Waals surface area contributed by atoms with Crippen molar-refractivity contribution >= 4 is 29.2 Å². The minimum atomic E-state index is -0.607. The van der Waals surface area contributed by atoms with E-state index in [9.17, 15) is 4.79 Å². The lowest BCUT2D eigenvalue weighted by Crippen LogP contribution is -2.14. The molecule has 1 aromatic rings. The highest BCUT2D eigenvalue weighted by Crippen LogP contribution is 2.17. The molecule has 4 nitrogen and oxygen atoms in total. The predicted octanol–water partition coefficient (Wildman–Crippen LogP) is 2.97. The third-order valence-corrected chi connectivity index (χ3v) is 2.29. The second-order valence-corrected chi connectivity index (χ2v) is 4.31. The van der Waals surface area contributed by atoms with Crippen LogP contribution in [0.4, 0.5) is 0 Å².